The Morgan fingerprint density at radius 1 is 1.42 bits per heavy atom. The zero-order chi connectivity index (χ0) is 13.5. The Balaban J connectivity index is 2.10. The normalized spacial score (nSPS) is 12.3. The fourth-order valence-electron chi connectivity index (χ4n) is 1.84. The number of aromatic nitrogens is 2. The fourth-order valence-corrected chi connectivity index (χ4v) is 3.44. The highest BCUT2D eigenvalue weighted by Gasteiger charge is 2.15. The van der Waals surface area contributed by atoms with Crippen LogP contribution in [-0.2, 0) is 0 Å². The largest absolute Gasteiger partial charge is 0.496 e. The van der Waals surface area contributed by atoms with E-state index in [2.05, 4.69) is 28.5 Å². The number of nitrogens with one attached hydrogen (secondary N) is 1. The molecule has 1 aromatic carbocycles. The highest BCUT2D eigenvalue weighted by Crippen LogP contribution is 2.30. The van der Waals surface area contributed by atoms with Crippen molar-refractivity contribution in [3.8, 4) is 5.75 Å². The van der Waals surface area contributed by atoms with Crippen molar-refractivity contribution < 1.29 is 4.74 Å². The second-order valence-electron chi connectivity index (χ2n) is 3.87. The van der Waals surface area contributed by atoms with Crippen LogP contribution in [0.25, 0.3) is 0 Å². The number of para-hydroxylation sites is 1. The van der Waals surface area contributed by atoms with Gasteiger partial charge in [-0.05, 0) is 12.6 Å². The van der Waals surface area contributed by atoms with Gasteiger partial charge in [0.2, 0.25) is 0 Å². The van der Waals surface area contributed by atoms with Gasteiger partial charge in [0.05, 0.1) is 7.11 Å². The number of nitrogens with zero attached hydrogens (tertiary/aromatic N) is 2. The first-order valence-electron chi connectivity index (χ1n) is 6.10. The number of methoxy groups -OCH3 is 1. The van der Waals surface area contributed by atoms with E-state index in [0.717, 1.165) is 22.4 Å². The van der Waals surface area contributed by atoms with E-state index in [-0.39, 0.29) is 6.04 Å². The molecule has 6 heteroatoms. The molecule has 4 nitrogen and oxygen atoms in total. The predicted octanol–water partition coefficient (Wildman–Crippen LogP) is 2.99. The van der Waals surface area contributed by atoms with E-state index in [1.807, 2.05) is 18.2 Å². The molecule has 1 heterocycles. The van der Waals surface area contributed by atoms with Gasteiger partial charge in [-0.15, -0.1) is 10.2 Å². The van der Waals surface area contributed by atoms with Crippen molar-refractivity contribution >= 4 is 23.1 Å². The van der Waals surface area contributed by atoms with Crippen LogP contribution in [0.3, 0.4) is 0 Å². The van der Waals surface area contributed by atoms with Gasteiger partial charge in [0.15, 0.2) is 4.34 Å². The van der Waals surface area contributed by atoms with Gasteiger partial charge in [0.1, 0.15) is 11.3 Å². The smallest absolute Gasteiger partial charge is 0.174 e. The molecule has 19 heavy (non-hydrogen) atoms. The Morgan fingerprint density at radius 2 is 2.26 bits per heavy atom. The molecule has 0 saturated heterocycles. The third-order valence-electron chi connectivity index (χ3n) is 2.68. The fraction of sp³-hybridized carbons (Fsp3) is 0.385. The van der Waals surface area contributed by atoms with Crippen LogP contribution in [0, 0.1) is 0 Å². The van der Waals surface area contributed by atoms with Gasteiger partial charge in [-0.1, -0.05) is 48.2 Å². The Kier molecular flexibility index (Phi) is 5.62. The van der Waals surface area contributed by atoms with Crippen LogP contribution in [0.15, 0.2) is 34.1 Å². The zero-order valence-electron chi connectivity index (χ0n) is 11.0. The molecule has 2 rings (SSSR count). The Morgan fingerprint density at radius 3 is 2.95 bits per heavy atom. The summed E-state index contributed by atoms with van der Waals surface area (Å²) >= 11 is 3.29. The first-order chi connectivity index (χ1) is 9.35. The van der Waals surface area contributed by atoms with Crippen LogP contribution in [0.2, 0.25) is 0 Å². The molecule has 1 unspecified atom stereocenters. The van der Waals surface area contributed by atoms with Crippen molar-refractivity contribution in [2.24, 2.45) is 0 Å². The second kappa shape index (κ2) is 7.47. The molecule has 0 aliphatic heterocycles. The Labute approximate surface area is 121 Å². The first kappa shape index (κ1) is 14.3. The lowest BCUT2D eigenvalue weighted by molar-refractivity contribution is 0.403. The molecule has 1 aromatic heterocycles. The van der Waals surface area contributed by atoms with Gasteiger partial charge >= 0.3 is 0 Å². The third kappa shape index (κ3) is 3.92. The molecule has 0 saturated carbocycles. The number of rotatable bonds is 7. The lowest BCUT2D eigenvalue weighted by Gasteiger charge is -2.19. The van der Waals surface area contributed by atoms with Gasteiger partial charge in [-0.25, -0.2) is 0 Å². The summed E-state index contributed by atoms with van der Waals surface area (Å²) in [5.74, 6) is 1.83. The molecule has 0 bridgehead atoms. The number of ether oxygens (including phenoxy) is 1. The van der Waals surface area contributed by atoms with Crippen molar-refractivity contribution in [1.29, 1.82) is 0 Å². The van der Waals surface area contributed by atoms with Crippen molar-refractivity contribution in [2.75, 3.05) is 19.4 Å². The van der Waals surface area contributed by atoms with E-state index in [9.17, 15) is 0 Å². The van der Waals surface area contributed by atoms with Crippen molar-refractivity contribution in [3.05, 3.63) is 35.3 Å². The SMILES string of the molecule is CCNC(CSc1nncs1)c1ccccc1OC. The summed E-state index contributed by atoms with van der Waals surface area (Å²) in [6.07, 6.45) is 0. The molecule has 102 valence electrons. The van der Waals surface area contributed by atoms with E-state index >= 15 is 0 Å². The van der Waals surface area contributed by atoms with Crippen LogP contribution in [0.4, 0.5) is 0 Å². The summed E-state index contributed by atoms with van der Waals surface area (Å²) in [6, 6.07) is 8.37. The summed E-state index contributed by atoms with van der Waals surface area (Å²) in [5, 5.41) is 11.4. The van der Waals surface area contributed by atoms with Gasteiger partial charge < -0.3 is 10.1 Å². The lowest BCUT2D eigenvalue weighted by atomic mass is 10.1. The maximum atomic E-state index is 5.44. The maximum absolute atomic E-state index is 5.44. The quantitative estimate of drug-likeness (QED) is 0.796. The molecule has 0 radical (unpaired) electrons. The monoisotopic (exact) mass is 295 g/mol. The van der Waals surface area contributed by atoms with E-state index in [4.69, 9.17) is 4.74 Å². The second-order valence-corrected chi connectivity index (χ2v) is 5.97. The summed E-state index contributed by atoms with van der Waals surface area (Å²) in [4.78, 5) is 0. The van der Waals surface area contributed by atoms with Crippen molar-refractivity contribution in [2.45, 2.75) is 17.3 Å². The first-order valence-corrected chi connectivity index (χ1v) is 7.97. The van der Waals surface area contributed by atoms with Crippen LogP contribution < -0.4 is 10.1 Å². The number of hydrogen-bond donors (Lipinski definition) is 1. The zero-order valence-corrected chi connectivity index (χ0v) is 12.6. The Hall–Kier alpha value is -1.11. The van der Waals surface area contributed by atoms with Crippen LogP contribution in [0.1, 0.15) is 18.5 Å². The van der Waals surface area contributed by atoms with Crippen molar-refractivity contribution in [1.82, 2.24) is 15.5 Å². The van der Waals surface area contributed by atoms with Crippen molar-refractivity contribution in [3.63, 3.8) is 0 Å². The molecular formula is C13H17N3OS2. The van der Waals surface area contributed by atoms with E-state index in [1.165, 1.54) is 5.56 Å². The van der Waals surface area contributed by atoms with Gasteiger partial charge in [0.25, 0.3) is 0 Å². The number of thioether (sulfide) groups is 1. The van der Waals surface area contributed by atoms with Gasteiger partial charge in [-0.2, -0.15) is 0 Å². The minimum absolute atomic E-state index is 0.245. The molecule has 2 aromatic rings. The average Bonchev–Trinajstić information content (AvgIpc) is 2.96. The van der Waals surface area contributed by atoms with Crippen LogP contribution >= 0.6 is 23.1 Å². The van der Waals surface area contributed by atoms with Crippen LogP contribution in [0.5, 0.6) is 5.75 Å². The highest BCUT2D eigenvalue weighted by atomic mass is 32.2. The molecule has 1 atom stereocenters. The highest BCUT2D eigenvalue weighted by molar-refractivity contribution is 8.01. The van der Waals surface area contributed by atoms with E-state index < -0.39 is 0 Å². The number of hydrogen-bond acceptors (Lipinski definition) is 6. The summed E-state index contributed by atoms with van der Waals surface area (Å²) in [7, 11) is 1.71. The molecule has 0 fully saturated rings. The molecule has 0 spiro atoms. The number of benzene rings is 1. The van der Waals surface area contributed by atoms with E-state index in [0.29, 0.717) is 0 Å². The molecule has 0 aliphatic carbocycles. The topological polar surface area (TPSA) is 47.0 Å². The molecule has 1 N–H and O–H groups in total. The van der Waals surface area contributed by atoms with E-state index in [1.54, 1.807) is 35.7 Å². The minimum atomic E-state index is 0.245. The summed E-state index contributed by atoms with van der Waals surface area (Å²) in [5.41, 5.74) is 2.94. The average molecular weight is 295 g/mol. The summed E-state index contributed by atoms with van der Waals surface area (Å²) in [6.45, 7) is 3.03. The standard InChI is InChI=1S/C13H17N3OS2/c1-3-14-11(8-18-13-16-15-9-19-13)10-6-4-5-7-12(10)17-2/h4-7,9,11,14H,3,8H2,1-2H3. The minimum Gasteiger partial charge on any atom is -0.496 e. The molecule has 0 amide bonds. The predicted molar refractivity (Wildman–Crippen MR) is 80.0 cm³/mol. The lowest BCUT2D eigenvalue weighted by Crippen LogP contribution is -2.23. The molecular weight excluding hydrogens is 278 g/mol. The van der Waals surface area contributed by atoms with Gasteiger partial charge in [0, 0.05) is 17.4 Å². The van der Waals surface area contributed by atoms with Gasteiger partial charge in [-0.3, -0.25) is 0 Å². The molecule has 0 aliphatic rings. The van der Waals surface area contributed by atoms with Crippen LogP contribution in [-0.4, -0.2) is 29.6 Å². The summed E-state index contributed by atoms with van der Waals surface area (Å²) < 4.78 is 6.43. The maximum Gasteiger partial charge on any atom is 0.174 e. The Bertz CT molecular complexity index is 490. The third-order valence-corrected chi connectivity index (χ3v) is 4.63.